The smallest absolute Gasteiger partial charge is 0.347 e. The van der Waals surface area contributed by atoms with E-state index in [-0.39, 0.29) is 10.9 Å². The van der Waals surface area contributed by atoms with Crippen LogP contribution in [0, 0.1) is 5.82 Å². The van der Waals surface area contributed by atoms with Gasteiger partial charge in [-0.1, -0.05) is 24.9 Å². The zero-order valence-corrected chi connectivity index (χ0v) is 16.8. The quantitative estimate of drug-likeness (QED) is 0.414. The molecule has 29 heavy (non-hydrogen) atoms. The fourth-order valence-electron chi connectivity index (χ4n) is 2.05. The van der Waals surface area contributed by atoms with Crippen LogP contribution in [0.5, 0.6) is 17.4 Å². The lowest BCUT2D eigenvalue weighted by Gasteiger charge is -2.14. The van der Waals surface area contributed by atoms with E-state index in [2.05, 4.69) is 4.98 Å². The zero-order chi connectivity index (χ0) is 21.2. The van der Waals surface area contributed by atoms with Gasteiger partial charge in [-0.05, 0) is 43.7 Å². The van der Waals surface area contributed by atoms with E-state index in [1.54, 1.807) is 0 Å². The molecule has 1 unspecified atom stereocenters. The number of pyridine rings is 1. The van der Waals surface area contributed by atoms with Gasteiger partial charge >= 0.3 is 11.9 Å². The summed E-state index contributed by atoms with van der Waals surface area (Å²) in [4.78, 5) is 27.1. The summed E-state index contributed by atoms with van der Waals surface area (Å²) in [7, 11) is 0. The molecule has 0 aliphatic rings. The van der Waals surface area contributed by atoms with Gasteiger partial charge in [0.2, 0.25) is 0 Å². The van der Waals surface area contributed by atoms with Crippen LogP contribution in [-0.2, 0) is 19.1 Å². The summed E-state index contributed by atoms with van der Waals surface area (Å²) >= 11 is 5.64. The Labute approximate surface area is 172 Å². The first-order valence-corrected chi connectivity index (χ1v) is 9.34. The number of halogens is 2. The third-order valence-electron chi connectivity index (χ3n) is 3.55. The van der Waals surface area contributed by atoms with Crippen molar-refractivity contribution in [3.63, 3.8) is 0 Å². The fourth-order valence-corrected chi connectivity index (χ4v) is 2.19. The van der Waals surface area contributed by atoms with E-state index in [0.29, 0.717) is 18.1 Å². The highest BCUT2D eigenvalue weighted by Gasteiger charge is 2.18. The van der Waals surface area contributed by atoms with Gasteiger partial charge in [-0.15, -0.1) is 0 Å². The molecule has 1 aromatic heterocycles. The number of aromatic nitrogens is 1. The second-order valence-corrected chi connectivity index (χ2v) is 6.39. The molecule has 7 nitrogen and oxygen atoms in total. The highest BCUT2D eigenvalue weighted by Crippen LogP contribution is 2.26. The number of carbonyl (C=O) groups excluding carboxylic acids is 2. The molecule has 0 radical (unpaired) electrons. The number of hydrogen-bond donors (Lipinski definition) is 0. The Balaban J connectivity index is 1.82. The average Bonchev–Trinajstić information content (AvgIpc) is 2.69. The first kappa shape index (κ1) is 22.4. The Kier molecular flexibility index (Phi) is 8.67. The van der Waals surface area contributed by atoms with Crippen LogP contribution in [0.4, 0.5) is 4.39 Å². The Morgan fingerprint density at radius 1 is 1.17 bits per heavy atom. The molecule has 0 spiro atoms. The molecule has 1 aromatic carbocycles. The fraction of sp³-hybridized carbons (Fsp3) is 0.350. The summed E-state index contributed by atoms with van der Waals surface area (Å²) in [6, 6.07) is 7.20. The minimum absolute atomic E-state index is 0.161. The van der Waals surface area contributed by atoms with E-state index in [1.807, 2.05) is 6.92 Å². The van der Waals surface area contributed by atoms with Crippen molar-refractivity contribution < 1.29 is 32.9 Å². The number of unbranched alkanes of at least 4 members (excludes halogenated alkanes) is 1. The van der Waals surface area contributed by atoms with Gasteiger partial charge in [0.25, 0.3) is 5.88 Å². The van der Waals surface area contributed by atoms with Gasteiger partial charge in [0.1, 0.15) is 11.5 Å². The monoisotopic (exact) mass is 425 g/mol. The lowest BCUT2D eigenvalue weighted by atomic mass is 10.3. The van der Waals surface area contributed by atoms with Crippen LogP contribution in [0.2, 0.25) is 5.02 Å². The van der Waals surface area contributed by atoms with Crippen LogP contribution < -0.4 is 9.47 Å². The largest absolute Gasteiger partial charge is 0.479 e. The lowest BCUT2D eigenvalue weighted by Crippen LogP contribution is -2.28. The molecule has 2 rings (SSSR count). The van der Waals surface area contributed by atoms with Crippen LogP contribution in [-0.4, -0.2) is 36.2 Å². The van der Waals surface area contributed by atoms with Gasteiger partial charge in [-0.25, -0.2) is 19.0 Å². The summed E-state index contributed by atoms with van der Waals surface area (Å²) in [5, 5.41) is 0.161. The number of rotatable bonds is 10. The van der Waals surface area contributed by atoms with Crippen molar-refractivity contribution in [2.45, 2.75) is 32.8 Å². The van der Waals surface area contributed by atoms with Crippen molar-refractivity contribution in [1.82, 2.24) is 4.98 Å². The van der Waals surface area contributed by atoms with E-state index in [1.165, 1.54) is 37.4 Å². The van der Waals surface area contributed by atoms with Crippen LogP contribution >= 0.6 is 11.6 Å². The molecule has 0 amide bonds. The summed E-state index contributed by atoms with van der Waals surface area (Å²) in [6.45, 7) is 3.28. The topological polar surface area (TPSA) is 84.0 Å². The maximum Gasteiger partial charge on any atom is 0.347 e. The molecule has 0 aliphatic carbocycles. The molecule has 0 saturated heterocycles. The average molecular weight is 426 g/mol. The van der Waals surface area contributed by atoms with Crippen molar-refractivity contribution in [2.75, 3.05) is 13.2 Å². The first-order valence-electron chi connectivity index (χ1n) is 8.97. The van der Waals surface area contributed by atoms with E-state index in [4.69, 9.17) is 30.5 Å². The predicted molar refractivity (Wildman–Crippen MR) is 103 cm³/mol. The lowest BCUT2D eigenvalue weighted by molar-refractivity contribution is -0.162. The number of carbonyl (C=O) groups is 2. The summed E-state index contributed by atoms with van der Waals surface area (Å²) < 4.78 is 34.3. The summed E-state index contributed by atoms with van der Waals surface area (Å²) in [5.74, 6) is -1.55. The third-order valence-corrected chi connectivity index (χ3v) is 3.76. The molecule has 1 atom stereocenters. The van der Waals surface area contributed by atoms with Crippen molar-refractivity contribution in [1.29, 1.82) is 0 Å². The number of benzene rings is 1. The molecule has 0 aliphatic heterocycles. The van der Waals surface area contributed by atoms with Crippen molar-refractivity contribution in [3.8, 4) is 17.4 Å². The molecular formula is C20H21ClFNO6. The van der Waals surface area contributed by atoms with E-state index < -0.39 is 30.5 Å². The molecule has 0 fully saturated rings. The maximum atomic E-state index is 13.7. The molecule has 9 heteroatoms. The highest BCUT2D eigenvalue weighted by molar-refractivity contribution is 6.30. The van der Waals surface area contributed by atoms with Gasteiger partial charge in [-0.3, -0.25) is 0 Å². The minimum atomic E-state index is -0.944. The van der Waals surface area contributed by atoms with Crippen LogP contribution in [0.3, 0.4) is 0 Å². The third kappa shape index (κ3) is 7.57. The summed E-state index contributed by atoms with van der Waals surface area (Å²) in [5.41, 5.74) is 0. The first-order chi connectivity index (χ1) is 13.9. The van der Waals surface area contributed by atoms with Crippen LogP contribution in [0.1, 0.15) is 26.7 Å². The summed E-state index contributed by atoms with van der Waals surface area (Å²) in [6.07, 6.45) is 1.97. The van der Waals surface area contributed by atoms with E-state index in [0.717, 1.165) is 18.9 Å². The van der Waals surface area contributed by atoms with Crippen LogP contribution in [0.25, 0.3) is 0 Å². The highest BCUT2D eigenvalue weighted by atomic mass is 35.5. The Hall–Kier alpha value is -2.87. The molecule has 2 aromatic rings. The Morgan fingerprint density at radius 2 is 1.86 bits per heavy atom. The Bertz CT molecular complexity index is 830. The van der Waals surface area contributed by atoms with Crippen molar-refractivity contribution in [3.05, 3.63) is 47.4 Å². The predicted octanol–water partition coefficient (Wildman–Crippen LogP) is 4.32. The van der Waals surface area contributed by atoms with Crippen molar-refractivity contribution >= 4 is 23.5 Å². The second-order valence-electron chi connectivity index (χ2n) is 5.96. The van der Waals surface area contributed by atoms with Gasteiger partial charge in [0, 0.05) is 6.20 Å². The Morgan fingerprint density at radius 3 is 2.52 bits per heavy atom. The van der Waals surface area contributed by atoms with Gasteiger partial charge in [0.05, 0.1) is 11.6 Å². The number of ether oxygens (including phenoxy) is 4. The normalized spacial score (nSPS) is 11.4. The van der Waals surface area contributed by atoms with Gasteiger partial charge in [-0.2, -0.15) is 0 Å². The van der Waals surface area contributed by atoms with Gasteiger partial charge in [0.15, 0.2) is 18.5 Å². The maximum absolute atomic E-state index is 13.7. The molecular weight excluding hydrogens is 405 g/mol. The molecule has 1 heterocycles. The van der Waals surface area contributed by atoms with Crippen LogP contribution in [0.15, 0.2) is 36.5 Å². The van der Waals surface area contributed by atoms with E-state index >= 15 is 0 Å². The standard InChI is InChI=1S/C20H21ClFNO6/c1-3-4-9-26-18(24)12-27-20(25)13(2)28-15-5-7-16(8-6-15)29-19-17(22)10-14(21)11-23-19/h5-8,10-11,13H,3-4,9,12H2,1-2H3. The molecule has 0 bridgehead atoms. The SMILES string of the molecule is CCCCOC(=O)COC(=O)C(C)Oc1ccc(Oc2ncc(Cl)cc2F)cc1. The van der Waals surface area contributed by atoms with E-state index in [9.17, 15) is 14.0 Å². The molecule has 0 N–H and O–H groups in total. The van der Waals surface area contributed by atoms with Gasteiger partial charge < -0.3 is 18.9 Å². The molecule has 0 saturated carbocycles. The number of esters is 2. The second kappa shape index (κ2) is 11.2. The molecule has 156 valence electrons. The number of nitrogens with zero attached hydrogens (tertiary/aromatic N) is 1. The minimum Gasteiger partial charge on any atom is -0.479 e. The number of hydrogen-bond acceptors (Lipinski definition) is 7. The zero-order valence-electron chi connectivity index (χ0n) is 16.0. The van der Waals surface area contributed by atoms with Crippen molar-refractivity contribution in [2.24, 2.45) is 0 Å².